The summed E-state index contributed by atoms with van der Waals surface area (Å²) in [4.78, 5) is 10.4. The van der Waals surface area contributed by atoms with Crippen LogP contribution in [0.1, 0.15) is 18.4 Å². The van der Waals surface area contributed by atoms with E-state index in [1.54, 1.807) is 19.1 Å². The van der Waals surface area contributed by atoms with E-state index < -0.39 is 11.9 Å². The largest absolute Gasteiger partial charge is 0.550 e. The van der Waals surface area contributed by atoms with E-state index in [0.29, 0.717) is 5.56 Å². The normalized spacial score (nSPS) is 12.4. The predicted octanol–water partition coefficient (Wildman–Crippen LogP) is 0.246. The molecule has 3 heteroatoms. The lowest BCUT2D eigenvalue weighted by Gasteiger charge is -2.12. The van der Waals surface area contributed by atoms with Crippen LogP contribution in [0.15, 0.2) is 24.3 Å². The Morgan fingerprint density at radius 3 is 2.33 bits per heavy atom. The first-order valence-corrected chi connectivity index (χ1v) is 3.61. The quantitative estimate of drug-likeness (QED) is 0.683. The standard InChI is InChI=1S/C9H10O3/c1-6(9(11)12)7-2-4-8(10)5-3-7/h2-6,10H,1H3,(H,11,12)/p-1. The number of carbonyl (C=O) groups excluding carboxylic acids is 1. The van der Waals surface area contributed by atoms with Gasteiger partial charge in [-0.3, -0.25) is 0 Å². The van der Waals surface area contributed by atoms with Crippen LogP contribution in [-0.2, 0) is 4.79 Å². The van der Waals surface area contributed by atoms with Gasteiger partial charge in [-0.05, 0) is 17.7 Å². The summed E-state index contributed by atoms with van der Waals surface area (Å²) in [5.41, 5.74) is 0.632. The molecule has 0 aliphatic heterocycles. The Balaban J connectivity index is 2.89. The first-order valence-electron chi connectivity index (χ1n) is 3.61. The van der Waals surface area contributed by atoms with E-state index in [0.717, 1.165) is 0 Å². The molecule has 64 valence electrons. The molecule has 0 amide bonds. The van der Waals surface area contributed by atoms with E-state index in [-0.39, 0.29) is 5.75 Å². The summed E-state index contributed by atoms with van der Waals surface area (Å²) in [5.74, 6) is -1.62. The number of phenolic OH excluding ortho intramolecular Hbond substituents is 1. The van der Waals surface area contributed by atoms with Gasteiger partial charge in [-0.2, -0.15) is 0 Å². The molecule has 3 nitrogen and oxygen atoms in total. The fraction of sp³-hybridized carbons (Fsp3) is 0.222. The van der Waals surface area contributed by atoms with Gasteiger partial charge in [0, 0.05) is 11.9 Å². The average Bonchev–Trinajstić information content (AvgIpc) is 2.04. The molecule has 1 aromatic rings. The van der Waals surface area contributed by atoms with Gasteiger partial charge in [-0.15, -0.1) is 0 Å². The van der Waals surface area contributed by atoms with Gasteiger partial charge in [0.25, 0.3) is 0 Å². The Kier molecular flexibility index (Phi) is 2.33. The molecule has 0 bridgehead atoms. The average molecular weight is 165 g/mol. The first kappa shape index (κ1) is 8.59. The number of carbonyl (C=O) groups is 1. The van der Waals surface area contributed by atoms with Crippen LogP contribution in [0.3, 0.4) is 0 Å². The lowest BCUT2D eigenvalue weighted by atomic mass is 10.0. The molecule has 0 saturated carbocycles. The second-order valence-electron chi connectivity index (χ2n) is 2.63. The molecular weight excluding hydrogens is 156 g/mol. The Labute approximate surface area is 70.3 Å². The van der Waals surface area contributed by atoms with Crippen molar-refractivity contribution in [2.24, 2.45) is 0 Å². The minimum Gasteiger partial charge on any atom is -0.550 e. The fourth-order valence-corrected chi connectivity index (χ4v) is 0.899. The van der Waals surface area contributed by atoms with E-state index in [1.165, 1.54) is 12.1 Å². The molecule has 0 radical (unpaired) electrons. The van der Waals surface area contributed by atoms with Crippen LogP contribution >= 0.6 is 0 Å². The van der Waals surface area contributed by atoms with Crippen molar-refractivity contribution in [3.05, 3.63) is 29.8 Å². The molecule has 1 rings (SSSR count). The number of carboxylic acids is 1. The predicted molar refractivity (Wildman–Crippen MR) is 41.5 cm³/mol. The van der Waals surface area contributed by atoms with Crippen molar-refractivity contribution in [3.63, 3.8) is 0 Å². The number of carboxylic acid groups (broad SMARTS) is 1. The van der Waals surface area contributed by atoms with Crippen molar-refractivity contribution in [2.75, 3.05) is 0 Å². The van der Waals surface area contributed by atoms with Crippen molar-refractivity contribution < 1.29 is 15.0 Å². The van der Waals surface area contributed by atoms with Crippen LogP contribution in [0.5, 0.6) is 5.75 Å². The summed E-state index contributed by atoms with van der Waals surface area (Å²) in [6, 6.07) is 6.04. The number of hydrogen-bond donors (Lipinski definition) is 1. The van der Waals surface area contributed by atoms with Gasteiger partial charge in [0.05, 0.1) is 0 Å². The monoisotopic (exact) mass is 165 g/mol. The maximum Gasteiger partial charge on any atom is 0.115 e. The van der Waals surface area contributed by atoms with Crippen molar-refractivity contribution in [3.8, 4) is 5.75 Å². The molecule has 1 unspecified atom stereocenters. The maximum atomic E-state index is 10.4. The summed E-state index contributed by atoms with van der Waals surface area (Å²) in [6.45, 7) is 1.54. The smallest absolute Gasteiger partial charge is 0.115 e. The van der Waals surface area contributed by atoms with Crippen LogP contribution in [0.2, 0.25) is 0 Å². The van der Waals surface area contributed by atoms with Gasteiger partial charge in [0.2, 0.25) is 0 Å². The van der Waals surface area contributed by atoms with Gasteiger partial charge in [0.1, 0.15) is 5.75 Å². The molecule has 0 aromatic heterocycles. The third kappa shape index (κ3) is 1.75. The highest BCUT2D eigenvalue weighted by Gasteiger charge is 2.04. The van der Waals surface area contributed by atoms with Crippen molar-refractivity contribution in [1.29, 1.82) is 0 Å². The summed E-state index contributed by atoms with van der Waals surface area (Å²) < 4.78 is 0. The molecule has 1 N–H and O–H groups in total. The molecule has 0 fully saturated rings. The van der Waals surface area contributed by atoms with Crippen molar-refractivity contribution in [1.82, 2.24) is 0 Å². The topological polar surface area (TPSA) is 60.4 Å². The number of rotatable bonds is 2. The van der Waals surface area contributed by atoms with Crippen molar-refractivity contribution in [2.45, 2.75) is 12.8 Å². The third-order valence-electron chi connectivity index (χ3n) is 1.75. The van der Waals surface area contributed by atoms with Crippen LogP contribution in [0.25, 0.3) is 0 Å². The highest BCUT2D eigenvalue weighted by Crippen LogP contribution is 2.17. The second-order valence-corrected chi connectivity index (χ2v) is 2.63. The summed E-state index contributed by atoms with van der Waals surface area (Å²) >= 11 is 0. The van der Waals surface area contributed by atoms with Gasteiger partial charge < -0.3 is 15.0 Å². The third-order valence-corrected chi connectivity index (χ3v) is 1.75. The van der Waals surface area contributed by atoms with Gasteiger partial charge in [0.15, 0.2) is 0 Å². The Hall–Kier alpha value is -1.51. The minimum atomic E-state index is -1.11. The molecule has 0 aliphatic carbocycles. The number of hydrogen-bond acceptors (Lipinski definition) is 3. The first-order chi connectivity index (χ1) is 5.61. The SMILES string of the molecule is CC(C(=O)[O-])c1ccc(O)cc1. The molecule has 1 aromatic carbocycles. The molecule has 0 spiro atoms. The highest BCUT2D eigenvalue weighted by molar-refractivity contribution is 5.73. The molecule has 1 atom stereocenters. The number of phenols is 1. The maximum absolute atomic E-state index is 10.4. The Bertz CT molecular complexity index is 276. The zero-order chi connectivity index (χ0) is 9.14. The van der Waals surface area contributed by atoms with Gasteiger partial charge >= 0.3 is 0 Å². The summed E-state index contributed by atoms with van der Waals surface area (Å²) in [6.07, 6.45) is 0. The summed E-state index contributed by atoms with van der Waals surface area (Å²) in [5, 5.41) is 19.3. The molecule has 0 saturated heterocycles. The zero-order valence-corrected chi connectivity index (χ0v) is 6.65. The molecular formula is C9H9O3-. The highest BCUT2D eigenvalue weighted by atomic mass is 16.4. The van der Waals surface area contributed by atoms with Crippen LogP contribution in [0, 0.1) is 0 Å². The lowest BCUT2D eigenvalue weighted by Crippen LogP contribution is -2.27. The number of aliphatic carboxylic acids is 1. The molecule has 0 heterocycles. The van der Waals surface area contributed by atoms with E-state index in [1.807, 2.05) is 0 Å². The Morgan fingerprint density at radius 2 is 1.92 bits per heavy atom. The van der Waals surface area contributed by atoms with E-state index in [9.17, 15) is 9.90 Å². The fourth-order valence-electron chi connectivity index (χ4n) is 0.899. The van der Waals surface area contributed by atoms with Gasteiger partial charge in [-0.25, -0.2) is 0 Å². The van der Waals surface area contributed by atoms with E-state index in [4.69, 9.17) is 5.11 Å². The second kappa shape index (κ2) is 3.26. The van der Waals surface area contributed by atoms with E-state index >= 15 is 0 Å². The minimum absolute atomic E-state index is 0.129. The zero-order valence-electron chi connectivity index (χ0n) is 6.65. The lowest BCUT2D eigenvalue weighted by molar-refractivity contribution is -0.307. The van der Waals surface area contributed by atoms with Gasteiger partial charge in [-0.1, -0.05) is 19.1 Å². The summed E-state index contributed by atoms with van der Waals surface area (Å²) in [7, 11) is 0. The van der Waals surface area contributed by atoms with Crippen LogP contribution < -0.4 is 5.11 Å². The van der Waals surface area contributed by atoms with E-state index in [2.05, 4.69) is 0 Å². The van der Waals surface area contributed by atoms with Crippen molar-refractivity contribution >= 4 is 5.97 Å². The van der Waals surface area contributed by atoms with Crippen LogP contribution in [-0.4, -0.2) is 11.1 Å². The Morgan fingerprint density at radius 1 is 1.42 bits per heavy atom. The molecule has 12 heavy (non-hydrogen) atoms. The number of benzene rings is 1. The molecule has 0 aliphatic rings. The number of aromatic hydroxyl groups is 1. The van der Waals surface area contributed by atoms with Crippen LogP contribution in [0.4, 0.5) is 0 Å².